The summed E-state index contributed by atoms with van der Waals surface area (Å²) >= 11 is 0. The fraction of sp³-hybridized carbons (Fsp3) is 0.750. The number of amides is 1. The maximum atomic E-state index is 12.2. The average Bonchev–Trinajstić information content (AvgIpc) is 2.59. The van der Waals surface area contributed by atoms with Crippen molar-refractivity contribution in [2.75, 3.05) is 14.1 Å². The Morgan fingerprint density at radius 3 is 1.85 bits per heavy atom. The van der Waals surface area contributed by atoms with Gasteiger partial charge in [-0.15, -0.1) is 0 Å². The van der Waals surface area contributed by atoms with Gasteiger partial charge in [-0.25, -0.2) is 9.59 Å². The Morgan fingerprint density at radius 1 is 0.963 bits per heavy atom. The molecule has 0 fully saturated rings. The molecule has 0 heterocycles. The van der Waals surface area contributed by atoms with E-state index in [1.807, 2.05) is 0 Å². The van der Waals surface area contributed by atoms with Gasteiger partial charge in [0, 0.05) is 11.6 Å². The molecule has 0 saturated carbocycles. The van der Waals surface area contributed by atoms with Gasteiger partial charge in [-0.05, 0) is 26.9 Å². The number of carboxylic acids is 1. The summed E-state index contributed by atoms with van der Waals surface area (Å²) in [6, 6.07) is 0. The molecule has 0 radical (unpaired) electrons. The molecule has 1 amide bonds. The smallest absolute Gasteiger partial charge is 0.336 e. The van der Waals surface area contributed by atoms with Crippen LogP contribution < -0.4 is 5.73 Å². The van der Waals surface area contributed by atoms with Crippen LogP contribution in [-0.4, -0.2) is 48.2 Å². The van der Waals surface area contributed by atoms with E-state index in [4.69, 9.17) is 15.6 Å². The van der Waals surface area contributed by atoms with E-state index < -0.39 is 24.1 Å². The van der Waals surface area contributed by atoms with Crippen molar-refractivity contribution in [3.8, 4) is 0 Å². The van der Waals surface area contributed by atoms with E-state index in [0.29, 0.717) is 12.8 Å². The van der Waals surface area contributed by atoms with Crippen LogP contribution in [0, 0.1) is 0 Å². The molecule has 0 spiro atoms. The molecule has 0 aliphatic heterocycles. The zero-order valence-corrected chi connectivity index (χ0v) is 17.0. The monoisotopic (exact) mass is 384 g/mol. The summed E-state index contributed by atoms with van der Waals surface area (Å²) in [4.78, 5) is 35.9. The van der Waals surface area contributed by atoms with Gasteiger partial charge in [-0.3, -0.25) is 9.69 Å². The molecule has 0 bridgehead atoms. The summed E-state index contributed by atoms with van der Waals surface area (Å²) in [6.45, 7) is 2.21. The van der Waals surface area contributed by atoms with Gasteiger partial charge >= 0.3 is 11.9 Å². The molecule has 0 aromatic heterocycles. The molecule has 0 saturated heterocycles. The molecule has 0 aliphatic carbocycles. The molecule has 0 aromatic rings. The Labute approximate surface area is 162 Å². The quantitative estimate of drug-likeness (QED) is 0.183. The summed E-state index contributed by atoms with van der Waals surface area (Å²) in [6.07, 6.45) is 11.4. The van der Waals surface area contributed by atoms with Crippen molar-refractivity contribution >= 4 is 17.8 Å². The number of likely N-dealkylation sites (N-methyl/N-ethyl adjacent to an activating group) is 1. The molecule has 7 heteroatoms. The van der Waals surface area contributed by atoms with Crippen LogP contribution in [0.5, 0.6) is 0 Å². The standard InChI is InChI=1S/C20H36N2O5/c1-4-5-6-7-8-9-10-11-12-13-14-16(15-17(23)24)20(26)27-19(18(21)25)22(2)3/h15,19H,4-14H2,1-3H3,(H2,21,25)(H,23,24)/b16-15-. The normalized spacial score (nSPS) is 12.8. The maximum Gasteiger partial charge on any atom is 0.336 e. The topological polar surface area (TPSA) is 110 Å². The lowest BCUT2D eigenvalue weighted by atomic mass is 10.0. The number of carboxylic acid groups (broad SMARTS) is 1. The summed E-state index contributed by atoms with van der Waals surface area (Å²) in [5.74, 6) is -2.83. The van der Waals surface area contributed by atoms with Crippen LogP contribution in [0.4, 0.5) is 0 Å². The highest BCUT2D eigenvalue weighted by Crippen LogP contribution is 2.15. The average molecular weight is 385 g/mol. The van der Waals surface area contributed by atoms with Crippen molar-refractivity contribution in [3.63, 3.8) is 0 Å². The minimum absolute atomic E-state index is 0.0511. The van der Waals surface area contributed by atoms with E-state index in [2.05, 4.69) is 6.92 Å². The van der Waals surface area contributed by atoms with Crippen molar-refractivity contribution in [1.29, 1.82) is 0 Å². The first-order valence-corrected chi connectivity index (χ1v) is 9.89. The van der Waals surface area contributed by atoms with Crippen LogP contribution in [0.25, 0.3) is 0 Å². The first-order chi connectivity index (χ1) is 12.8. The van der Waals surface area contributed by atoms with Crippen molar-refractivity contribution in [2.45, 2.75) is 83.8 Å². The first-order valence-electron chi connectivity index (χ1n) is 9.89. The summed E-state index contributed by atoms with van der Waals surface area (Å²) < 4.78 is 5.06. The Balaban J connectivity index is 4.27. The van der Waals surface area contributed by atoms with Crippen molar-refractivity contribution in [3.05, 3.63) is 11.6 Å². The van der Waals surface area contributed by atoms with Crippen LogP contribution in [-0.2, 0) is 19.1 Å². The third kappa shape index (κ3) is 13.0. The number of unbranched alkanes of at least 4 members (excludes halogenated alkanes) is 9. The second-order valence-electron chi connectivity index (χ2n) is 7.06. The molecule has 156 valence electrons. The van der Waals surface area contributed by atoms with Crippen molar-refractivity contribution in [2.24, 2.45) is 5.73 Å². The lowest BCUT2D eigenvalue weighted by molar-refractivity contribution is -0.160. The van der Waals surface area contributed by atoms with Gasteiger partial charge in [0.2, 0.25) is 6.23 Å². The van der Waals surface area contributed by atoms with Crippen molar-refractivity contribution < 1.29 is 24.2 Å². The van der Waals surface area contributed by atoms with Gasteiger partial charge in [-0.1, -0.05) is 64.7 Å². The minimum Gasteiger partial charge on any atom is -0.478 e. The third-order valence-electron chi connectivity index (χ3n) is 4.29. The van der Waals surface area contributed by atoms with Crippen LogP contribution in [0.1, 0.15) is 77.6 Å². The highest BCUT2D eigenvalue weighted by Gasteiger charge is 2.24. The second kappa shape index (κ2) is 15.2. The predicted octanol–water partition coefficient (Wildman–Crippen LogP) is 3.22. The predicted molar refractivity (Wildman–Crippen MR) is 105 cm³/mol. The summed E-state index contributed by atoms with van der Waals surface area (Å²) in [5.41, 5.74) is 5.25. The van der Waals surface area contributed by atoms with E-state index in [1.54, 1.807) is 14.1 Å². The maximum absolute atomic E-state index is 12.2. The number of nitrogens with two attached hydrogens (primary N) is 1. The first kappa shape index (κ1) is 25.1. The zero-order valence-electron chi connectivity index (χ0n) is 17.0. The van der Waals surface area contributed by atoms with E-state index in [1.165, 1.54) is 43.4 Å². The molecule has 1 atom stereocenters. The number of carbonyl (C=O) groups excluding carboxylic acids is 2. The van der Waals surface area contributed by atoms with Gasteiger partial charge in [0.05, 0.1) is 0 Å². The number of carbonyl (C=O) groups is 3. The molecule has 0 rings (SSSR count). The van der Waals surface area contributed by atoms with Crippen LogP contribution in [0.3, 0.4) is 0 Å². The van der Waals surface area contributed by atoms with Crippen LogP contribution >= 0.6 is 0 Å². The number of rotatable bonds is 16. The van der Waals surface area contributed by atoms with Gasteiger partial charge in [0.25, 0.3) is 5.91 Å². The van der Waals surface area contributed by atoms with Gasteiger partial charge in [0.1, 0.15) is 0 Å². The largest absolute Gasteiger partial charge is 0.478 e. The lowest BCUT2D eigenvalue weighted by Crippen LogP contribution is -2.44. The zero-order chi connectivity index (χ0) is 20.7. The molecule has 0 aliphatic rings. The fourth-order valence-corrected chi connectivity index (χ4v) is 2.78. The Hall–Kier alpha value is -1.89. The highest BCUT2D eigenvalue weighted by molar-refractivity contribution is 5.96. The molecule has 1 unspecified atom stereocenters. The number of nitrogens with zero attached hydrogens (tertiary/aromatic N) is 1. The SMILES string of the molecule is CCCCCCCCCCCC/C(=C/C(=O)O)C(=O)OC(C(N)=O)N(C)C. The highest BCUT2D eigenvalue weighted by atomic mass is 16.6. The Bertz CT molecular complexity index is 489. The molecule has 27 heavy (non-hydrogen) atoms. The number of hydrogen-bond donors (Lipinski definition) is 2. The van der Waals surface area contributed by atoms with Crippen molar-refractivity contribution in [1.82, 2.24) is 4.90 Å². The molecule has 0 aromatic carbocycles. The number of ether oxygens (including phenoxy) is 1. The third-order valence-corrected chi connectivity index (χ3v) is 4.29. The Morgan fingerprint density at radius 2 is 1.44 bits per heavy atom. The number of esters is 1. The van der Waals surface area contributed by atoms with E-state index >= 15 is 0 Å². The second-order valence-corrected chi connectivity index (χ2v) is 7.06. The van der Waals surface area contributed by atoms with E-state index in [-0.39, 0.29) is 5.57 Å². The lowest BCUT2D eigenvalue weighted by Gasteiger charge is -2.21. The molecular formula is C20H36N2O5. The number of primary amides is 1. The molecular weight excluding hydrogens is 348 g/mol. The Kier molecular flexibility index (Phi) is 14.1. The minimum atomic E-state index is -1.22. The molecule has 3 N–H and O–H groups in total. The van der Waals surface area contributed by atoms with Gasteiger partial charge < -0.3 is 15.6 Å². The summed E-state index contributed by atoms with van der Waals surface area (Å²) in [7, 11) is 3.09. The van der Waals surface area contributed by atoms with Gasteiger partial charge in [-0.2, -0.15) is 0 Å². The fourth-order valence-electron chi connectivity index (χ4n) is 2.78. The number of aliphatic carboxylic acids is 1. The van der Waals surface area contributed by atoms with Crippen LogP contribution in [0.2, 0.25) is 0 Å². The van der Waals surface area contributed by atoms with Crippen LogP contribution in [0.15, 0.2) is 11.6 Å². The molecule has 7 nitrogen and oxygen atoms in total. The van der Waals surface area contributed by atoms with E-state index in [9.17, 15) is 14.4 Å². The van der Waals surface area contributed by atoms with E-state index in [0.717, 1.165) is 25.3 Å². The van der Waals surface area contributed by atoms with Gasteiger partial charge in [0.15, 0.2) is 0 Å². The number of hydrogen-bond acceptors (Lipinski definition) is 5. The summed E-state index contributed by atoms with van der Waals surface area (Å²) in [5, 5.41) is 8.96.